The van der Waals surface area contributed by atoms with Crippen molar-refractivity contribution in [3.8, 4) is 0 Å². The smallest absolute Gasteiger partial charge is 0.115 e. The predicted octanol–water partition coefficient (Wildman–Crippen LogP) is 6.68. The number of hydrogen-bond donors (Lipinski definition) is 0. The van der Waals surface area contributed by atoms with Crippen molar-refractivity contribution in [3.05, 3.63) is 124 Å². The van der Waals surface area contributed by atoms with E-state index in [-0.39, 0.29) is 5.16 Å². The molecule has 0 spiro atoms. The average molecular weight is 412 g/mol. The van der Waals surface area contributed by atoms with Crippen molar-refractivity contribution >= 4 is 30.6 Å². The number of hydrogen-bond acceptors (Lipinski definition) is 2. The molecule has 1 aliphatic heterocycles. The van der Waals surface area contributed by atoms with Crippen molar-refractivity contribution < 1.29 is 0 Å². The van der Waals surface area contributed by atoms with Gasteiger partial charge in [-0.1, -0.05) is 98.9 Å². The Morgan fingerprint density at radius 3 is 1.93 bits per heavy atom. The first kappa shape index (κ1) is 18.5. The molecule has 0 saturated carbocycles. The Morgan fingerprint density at radius 2 is 1.38 bits per heavy atom. The summed E-state index contributed by atoms with van der Waals surface area (Å²) in [5.41, 5.74) is 4.27. The number of allylic oxidation sites excluding steroid dienone is 1. The van der Waals surface area contributed by atoms with Crippen LogP contribution in [0.3, 0.4) is 0 Å². The fraction of sp³-hybridized carbons (Fsp3) is 0.115. The molecule has 1 unspecified atom stereocenters. The lowest BCUT2D eigenvalue weighted by Gasteiger charge is -2.39. The Hall–Kier alpha value is -2.54. The summed E-state index contributed by atoms with van der Waals surface area (Å²) in [6, 6.07) is 33.3. The van der Waals surface area contributed by atoms with Gasteiger partial charge in [-0.2, -0.15) is 0 Å². The molecule has 0 radical (unpaired) electrons. The third-order valence-electron chi connectivity index (χ3n) is 5.67. The fourth-order valence-corrected chi connectivity index (χ4v) is 8.54. The van der Waals surface area contributed by atoms with Crippen molar-refractivity contribution in [3.63, 3.8) is 0 Å². The van der Waals surface area contributed by atoms with E-state index in [0.717, 1.165) is 11.4 Å². The van der Waals surface area contributed by atoms with Gasteiger partial charge in [0.05, 0.1) is 5.16 Å². The third kappa shape index (κ3) is 3.27. The van der Waals surface area contributed by atoms with Crippen molar-refractivity contribution in [2.75, 3.05) is 6.16 Å². The maximum atomic E-state index is 4.58. The van der Waals surface area contributed by atoms with Gasteiger partial charge in [-0.25, -0.2) is 4.98 Å². The summed E-state index contributed by atoms with van der Waals surface area (Å²) < 4.78 is 0. The lowest BCUT2D eigenvalue weighted by atomic mass is 9.82. The maximum Gasteiger partial charge on any atom is 0.115 e. The van der Waals surface area contributed by atoms with Crippen molar-refractivity contribution in [1.29, 1.82) is 0 Å². The first-order valence-electron chi connectivity index (χ1n) is 9.93. The topological polar surface area (TPSA) is 12.9 Å². The SMILES string of the molecule is C(=C1CCP(c2ccccc2)C1(c1ccccc1)c1ccccc1)c1nccs1. The quantitative estimate of drug-likeness (QED) is 0.341. The van der Waals surface area contributed by atoms with Crippen molar-refractivity contribution in [2.24, 2.45) is 0 Å². The van der Waals surface area contributed by atoms with E-state index in [2.05, 4.69) is 107 Å². The molecule has 3 heteroatoms. The van der Waals surface area contributed by atoms with Crippen LogP contribution in [0.25, 0.3) is 6.08 Å². The van der Waals surface area contributed by atoms with E-state index in [0.29, 0.717) is 0 Å². The molecule has 1 saturated heterocycles. The lowest BCUT2D eigenvalue weighted by molar-refractivity contribution is 0.859. The summed E-state index contributed by atoms with van der Waals surface area (Å²) in [7, 11) is -0.453. The third-order valence-corrected chi connectivity index (χ3v) is 9.60. The number of thiazole rings is 1. The summed E-state index contributed by atoms with van der Waals surface area (Å²) in [6.45, 7) is 0. The molecule has 2 heterocycles. The summed E-state index contributed by atoms with van der Waals surface area (Å²) in [5.74, 6) is 0. The number of nitrogens with zero attached hydrogens (tertiary/aromatic N) is 1. The van der Waals surface area contributed by atoms with E-state index >= 15 is 0 Å². The molecule has 3 aromatic carbocycles. The molecule has 29 heavy (non-hydrogen) atoms. The molecule has 142 valence electrons. The molecule has 0 aliphatic carbocycles. The average Bonchev–Trinajstić information content (AvgIpc) is 3.44. The van der Waals surface area contributed by atoms with Gasteiger partial charge in [0.1, 0.15) is 5.01 Å². The van der Waals surface area contributed by atoms with Crippen LogP contribution in [0, 0.1) is 0 Å². The van der Waals surface area contributed by atoms with E-state index in [4.69, 9.17) is 0 Å². The zero-order valence-electron chi connectivity index (χ0n) is 16.1. The highest BCUT2D eigenvalue weighted by Gasteiger charge is 2.49. The van der Waals surface area contributed by atoms with E-state index < -0.39 is 7.92 Å². The van der Waals surface area contributed by atoms with Crippen molar-refractivity contribution in [1.82, 2.24) is 4.98 Å². The Balaban J connectivity index is 1.81. The van der Waals surface area contributed by atoms with E-state index in [1.54, 1.807) is 11.3 Å². The van der Waals surface area contributed by atoms with E-state index in [9.17, 15) is 0 Å². The Bertz CT molecular complexity index is 1050. The standard InChI is InChI=1S/C26H22NPS/c1-4-10-21(11-5-1)26(22-12-6-2-7-13-22)23(20-25-27-17-19-29-25)16-18-28(26)24-14-8-3-9-15-24/h1-15,17,19-20H,16,18H2. The van der Waals surface area contributed by atoms with Gasteiger partial charge in [-0.3, -0.25) is 0 Å². The summed E-state index contributed by atoms with van der Waals surface area (Å²) in [4.78, 5) is 4.58. The predicted molar refractivity (Wildman–Crippen MR) is 126 cm³/mol. The minimum atomic E-state index is -0.453. The van der Waals surface area contributed by atoms with Gasteiger partial charge in [0.15, 0.2) is 0 Å². The van der Waals surface area contributed by atoms with Crippen LogP contribution in [0.15, 0.2) is 108 Å². The van der Waals surface area contributed by atoms with E-state index in [1.807, 2.05) is 6.20 Å². The number of aromatic nitrogens is 1. The molecule has 0 bridgehead atoms. The first-order valence-corrected chi connectivity index (χ1v) is 12.3. The van der Waals surface area contributed by atoms with Crippen LogP contribution in [0.1, 0.15) is 22.6 Å². The van der Waals surface area contributed by atoms with Crippen LogP contribution >= 0.6 is 19.3 Å². The summed E-state index contributed by atoms with van der Waals surface area (Å²) in [6.07, 6.45) is 6.55. The molecule has 1 nitrogen and oxygen atoms in total. The zero-order chi connectivity index (χ0) is 19.5. The van der Waals surface area contributed by atoms with Gasteiger partial charge in [0.25, 0.3) is 0 Å². The monoisotopic (exact) mass is 411 g/mol. The number of benzene rings is 3. The van der Waals surface area contributed by atoms with Gasteiger partial charge in [0.2, 0.25) is 0 Å². The van der Waals surface area contributed by atoms with Crippen molar-refractivity contribution in [2.45, 2.75) is 11.6 Å². The molecule has 4 aromatic rings. The number of rotatable bonds is 4. The second-order valence-corrected chi connectivity index (χ2v) is 10.6. The Morgan fingerprint density at radius 1 is 0.793 bits per heavy atom. The zero-order valence-corrected chi connectivity index (χ0v) is 17.8. The summed E-state index contributed by atoms with van der Waals surface area (Å²) in [5, 5.41) is 4.51. The second kappa shape index (κ2) is 8.06. The van der Waals surface area contributed by atoms with Crippen LogP contribution in [-0.2, 0) is 5.16 Å². The minimum absolute atomic E-state index is 0.120. The minimum Gasteiger partial charge on any atom is -0.245 e. The first-order chi connectivity index (χ1) is 14.4. The van der Waals surface area contributed by atoms with Crippen LogP contribution in [-0.4, -0.2) is 11.1 Å². The van der Waals surface area contributed by atoms with Crippen LogP contribution in [0.4, 0.5) is 0 Å². The van der Waals surface area contributed by atoms with Crippen LogP contribution < -0.4 is 5.30 Å². The Labute approximate surface area is 177 Å². The molecular weight excluding hydrogens is 389 g/mol. The second-order valence-electron chi connectivity index (χ2n) is 7.22. The lowest BCUT2D eigenvalue weighted by Crippen LogP contribution is -2.28. The van der Waals surface area contributed by atoms with Gasteiger partial charge < -0.3 is 0 Å². The summed E-state index contributed by atoms with van der Waals surface area (Å²) >= 11 is 1.72. The fourth-order valence-electron chi connectivity index (χ4n) is 4.52. The normalized spacial score (nSPS) is 19.4. The highest BCUT2D eigenvalue weighted by molar-refractivity contribution is 7.67. The molecule has 1 aromatic heterocycles. The molecule has 5 rings (SSSR count). The largest absolute Gasteiger partial charge is 0.245 e. The van der Waals surface area contributed by atoms with E-state index in [1.165, 1.54) is 28.2 Å². The molecule has 1 atom stereocenters. The molecular formula is C26H22NPS. The van der Waals surface area contributed by atoms with Gasteiger partial charge in [0, 0.05) is 11.6 Å². The van der Waals surface area contributed by atoms with Gasteiger partial charge in [-0.05, 0) is 40.7 Å². The molecule has 1 fully saturated rings. The highest BCUT2D eigenvalue weighted by Crippen LogP contribution is 2.68. The van der Waals surface area contributed by atoms with Crippen LogP contribution in [0.2, 0.25) is 0 Å². The molecule has 1 aliphatic rings. The van der Waals surface area contributed by atoms with Crippen LogP contribution in [0.5, 0.6) is 0 Å². The Kier molecular flexibility index (Phi) is 5.14. The molecule has 0 N–H and O–H groups in total. The van der Waals surface area contributed by atoms with Gasteiger partial charge in [-0.15, -0.1) is 11.3 Å². The highest BCUT2D eigenvalue weighted by atomic mass is 32.1. The van der Waals surface area contributed by atoms with Gasteiger partial charge >= 0.3 is 0 Å². The maximum absolute atomic E-state index is 4.58. The molecule has 0 amide bonds.